The van der Waals surface area contributed by atoms with E-state index in [9.17, 15) is 13.6 Å². The van der Waals surface area contributed by atoms with E-state index in [1.807, 2.05) is 0 Å². The van der Waals surface area contributed by atoms with E-state index < -0.39 is 28.5 Å². The fourth-order valence-electron chi connectivity index (χ4n) is 3.24. The monoisotopic (exact) mass is 405 g/mol. The first-order chi connectivity index (χ1) is 13.4. The van der Waals surface area contributed by atoms with Crippen molar-refractivity contribution in [3.8, 4) is 0 Å². The highest BCUT2D eigenvalue weighted by atomic mass is 32.2. The van der Waals surface area contributed by atoms with Crippen LogP contribution in [0.3, 0.4) is 0 Å². The van der Waals surface area contributed by atoms with E-state index in [1.165, 1.54) is 36.2 Å². The van der Waals surface area contributed by atoms with Crippen molar-refractivity contribution in [3.05, 3.63) is 59.4 Å². The van der Waals surface area contributed by atoms with Crippen molar-refractivity contribution < 1.29 is 18.3 Å². The highest BCUT2D eigenvalue weighted by Gasteiger charge is 2.51. The lowest BCUT2D eigenvalue weighted by Gasteiger charge is -2.38. The Balaban J connectivity index is 1.68. The topological polar surface area (TPSA) is 92.8 Å². The Morgan fingerprint density at radius 2 is 2.21 bits per heavy atom. The average molecular weight is 405 g/mol. The molecule has 7 nitrogen and oxygen atoms in total. The summed E-state index contributed by atoms with van der Waals surface area (Å²) >= 11 is 1.34. The van der Waals surface area contributed by atoms with Crippen molar-refractivity contribution in [2.24, 2.45) is 10.7 Å². The van der Waals surface area contributed by atoms with Gasteiger partial charge in [0.25, 0.3) is 5.91 Å². The van der Waals surface area contributed by atoms with E-state index in [0.717, 1.165) is 12.3 Å². The van der Waals surface area contributed by atoms with Crippen molar-refractivity contribution in [2.45, 2.75) is 17.4 Å². The van der Waals surface area contributed by atoms with Gasteiger partial charge in [-0.2, -0.15) is 0 Å². The van der Waals surface area contributed by atoms with Gasteiger partial charge in [-0.15, -0.1) is 0 Å². The number of halogens is 2. The van der Waals surface area contributed by atoms with Gasteiger partial charge in [-0.05, 0) is 42.3 Å². The smallest absolute Gasteiger partial charge is 0.274 e. The molecule has 2 aliphatic rings. The van der Waals surface area contributed by atoms with Crippen LogP contribution in [0.1, 0.15) is 22.5 Å². The van der Waals surface area contributed by atoms with Gasteiger partial charge >= 0.3 is 0 Å². The molecule has 0 aliphatic carbocycles. The van der Waals surface area contributed by atoms with Crippen LogP contribution in [0.25, 0.3) is 0 Å². The second-order valence-electron chi connectivity index (χ2n) is 6.46. The molecule has 0 radical (unpaired) electrons. The van der Waals surface area contributed by atoms with Gasteiger partial charge in [0.2, 0.25) is 5.96 Å². The summed E-state index contributed by atoms with van der Waals surface area (Å²) < 4.78 is 35.2. The normalized spacial score (nSPS) is 23.9. The minimum atomic E-state index is -0.972. The van der Waals surface area contributed by atoms with E-state index in [4.69, 9.17) is 10.5 Å². The van der Waals surface area contributed by atoms with Crippen molar-refractivity contribution in [1.29, 1.82) is 0 Å². The first kappa shape index (κ1) is 18.6. The molecular weight excluding hydrogens is 388 g/mol. The van der Waals surface area contributed by atoms with E-state index in [0.29, 0.717) is 24.3 Å². The van der Waals surface area contributed by atoms with Crippen molar-refractivity contribution in [2.75, 3.05) is 19.0 Å². The maximum Gasteiger partial charge on any atom is 0.274 e. The van der Waals surface area contributed by atoms with Crippen LogP contribution in [-0.2, 0) is 10.3 Å². The van der Waals surface area contributed by atoms with Gasteiger partial charge in [-0.25, -0.2) is 18.8 Å². The zero-order valence-corrected chi connectivity index (χ0v) is 15.7. The minimum Gasteiger partial charge on any atom is -0.369 e. The van der Waals surface area contributed by atoms with Crippen LogP contribution in [0.5, 0.6) is 0 Å². The largest absolute Gasteiger partial charge is 0.369 e. The molecule has 1 aromatic heterocycles. The molecule has 2 aliphatic heterocycles. The number of carbonyl (C=O) groups excluding carboxylic acids is 1. The molecular formula is C18H17F2N5O2S. The first-order valence-electron chi connectivity index (χ1n) is 8.49. The van der Waals surface area contributed by atoms with Crippen LogP contribution in [0.15, 0.2) is 41.5 Å². The fourth-order valence-corrected chi connectivity index (χ4v) is 4.30. The Morgan fingerprint density at radius 3 is 2.96 bits per heavy atom. The number of fused-ring (bicyclic) bond motifs is 1. The molecule has 28 heavy (non-hydrogen) atoms. The van der Waals surface area contributed by atoms with Gasteiger partial charge in [-0.1, -0.05) is 0 Å². The van der Waals surface area contributed by atoms with Crippen LogP contribution in [-0.4, -0.2) is 40.2 Å². The molecule has 2 atom stereocenters. The van der Waals surface area contributed by atoms with Gasteiger partial charge in [0.05, 0.1) is 12.8 Å². The summed E-state index contributed by atoms with van der Waals surface area (Å²) in [5.74, 6) is -1.26. The quantitative estimate of drug-likeness (QED) is 0.762. The number of aliphatic imine (C=N–C) groups is 1. The number of anilines is 1. The molecule has 0 spiro atoms. The molecule has 1 saturated heterocycles. The summed E-state index contributed by atoms with van der Waals surface area (Å²) in [5, 5.41) is 2.65. The lowest BCUT2D eigenvalue weighted by atomic mass is 9.88. The molecule has 3 N–H and O–H groups in total. The molecule has 4 rings (SSSR count). The molecule has 1 amide bonds. The average Bonchev–Trinajstić information content (AvgIpc) is 3.07. The number of pyridine rings is 1. The summed E-state index contributed by atoms with van der Waals surface area (Å²) in [5.41, 5.74) is 5.29. The van der Waals surface area contributed by atoms with Crippen LogP contribution in [0, 0.1) is 11.6 Å². The molecule has 1 fully saturated rings. The molecule has 1 aromatic carbocycles. The van der Waals surface area contributed by atoms with Gasteiger partial charge in [-0.3, -0.25) is 9.10 Å². The molecule has 2 aromatic rings. The zero-order chi connectivity index (χ0) is 19.9. The number of nitrogens with two attached hydrogens (primary N) is 1. The molecule has 0 saturated carbocycles. The summed E-state index contributed by atoms with van der Waals surface area (Å²) in [6.07, 6.45) is 1.42. The highest BCUT2D eigenvalue weighted by molar-refractivity contribution is 7.98. The van der Waals surface area contributed by atoms with Crippen LogP contribution in [0.4, 0.5) is 14.5 Å². The Labute approximate surface area is 164 Å². The number of amides is 1. The van der Waals surface area contributed by atoms with Gasteiger partial charge in [0.15, 0.2) is 5.44 Å². The summed E-state index contributed by atoms with van der Waals surface area (Å²) in [4.78, 5) is 20.6. The number of nitrogens with zero attached hydrogens (tertiary/aromatic N) is 3. The predicted molar refractivity (Wildman–Crippen MR) is 102 cm³/mol. The standard InChI is InChI=1S/C18H17F2N5O2S/c1-25-17(21)24-18(6-7-27-16(18)28-25)12-8-11(3-4-13(12)20)23-15(26)14-5-2-10(19)9-22-14/h2-5,8-9,16H,6-7H2,1H3,(H2,21,24)(H,23,26). The van der Waals surface area contributed by atoms with E-state index in [2.05, 4.69) is 15.3 Å². The number of carbonyl (C=O) groups is 1. The molecule has 0 bridgehead atoms. The summed E-state index contributed by atoms with van der Waals surface area (Å²) in [7, 11) is 1.76. The zero-order valence-electron chi connectivity index (χ0n) is 14.9. The van der Waals surface area contributed by atoms with Crippen molar-refractivity contribution in [1.82, 2.24) is 9.29 Å². The number of nitrogens with one attached hydrogen (secondary N) is 1. The van der Waals surface area contributed by atoms with Gasteiger partial charge in [0.1, 0.15) is 22.9 Å². The molecule has 146 valence electrons. The molecule has 2 unspecified atom stereocenters. The van der Waals surface area contributed by atoms with Crippen molar-refractivity contribution in [3.63, 3.8) is 0 Å². The first-order valence-corrected chi connectivity index (χ1v) is 9.33. The number of benzene rings is 1. The fraction of sp³-hybridized carbons (Fsp3) is 0.278. The number of hydrogen-bond acceptors (Lipinski definition) is 7. The third-order valence-electron chi connectivity index (χ3n) is 4.68. The number of guanidine groups is 1. The Bertz CT molecular complexity index is 955. The van der Waals surface area contributed by atoms with Gasteiger partial charge in [0, 0.05) is 24.7 Å². The summed E-state index contributed by atoms with van der Waals surface area (Å²) in [6, 6.07) is 6.65. The third kappa shape index (κ3) is 3.18. The van der Waals surface area contributed by atoms with Gasteiger partial charge < -0.3 is 15.8 Å². The molecule has 10 heteroatoms. The third-order valence-corrected chi connectivity index (χ3v) is 5.90. The number of hydrogen-bond donors (Lipinski definition) is 2. The second kappa shape index (κ2) is 7.02. The number of rotatable bonds is 3. The second-order valence-corrected chi connectivity index (χ2v) is 7.65. The maximum atomic E-state index is 14.8. The van der Waals surface area contributed by atoms with E-state index >= 15 is 0 Å². The lowest BCUT2D eigenvalue weighted by molar-refractivity contribution is 0.102. The highest BCUT2D eigenvalue weighted by Crippen LogP contribution is 2.49. The Kier molecular flexibility index (Phi) is 4.68. The molecule has 3 heterocycles. The maximum absolute atomic E-state index is 14.8. The van der Waals surface area contributed by atoms with E-state index in [1.54, 1.807) is 11.4 Å². The minimum absolute atomic E-state index is 0.0460. The number of ether oxygens (including phenoxy) is 1. The van der Waals surface area contributed by atoms with E-state index in [-0.39, 0.29) is 11.7 Å². The summed E-state index contributed by atoms with van der Waals surface area (Å²) in [6.45, 7) is 0.414. The SMILES string of the molecule is CN1SC2OCCC2(c2cc(NC(=O)c3ccc(F)cn3)ccc2F)N=C1N. The lowest BCUT2D eigenvalue weighted by Crippen LogP contribution is -2.45. The van der Waals surface area contributed by atoms with Crippen LogP contribution >= 0.6 is 11.9 Å². The Morgan fingerprint density at radius 1 is 1.39 bits per heavy atom. The van der Waals surface area contributed by atoms with Crippen LogP contribution in [0.2, 0.25) is 0 Å². The Hall–Kier alpha value is -2.72. The number of aromatic nitrogens is 1. The van der Waals surface area contributed by atoms with Crippen LogP contribution < -0.4 is 11.1 Å². The van der Waals surface area contributed by atoms with Crippen molar-refractivity contribution >= 4 is 29.5 Å². The predicted octanol–water partition coefficient (Wildman–Crippen LogP) is 2.46.